The minimum absolute atomic E-state index is 0.00474. The number of hydrogen-bond acceptors (Lipinski definition) is 3. The summed E-state index contributed by atoms with van der Waals surface area (Å²) in [6.45, 7) is 3.74. The molecule has 0 aliphatic carbocycles. The summed E-state index contributed by atoms with van der Waals surface area (Å²) in [5.41, 5.74) is 0. The molecule has 0 heterocycles. The maximum atomic E-state index is 11.1. The molecule has 0 saturated carbocycles. The van der Waals surface area contributed by atoms with Crippen LogP contribution in [0.15, 0.2) is 0 Å². The Bertz CT molecular complexity index is 192. The minimum Gasteiger partial charge on any atom is -0.395 e. The molecule has 82 valence electrons. The van der Waals surface area contributed by atoms with Gasteiger partial charge in [0.25, 0.3) is 0 Å². The molecule has 14 heavy (non-hydrogen) atoms. The van der Waals surface area contributed by atoms with Crippen LogP contribution in [0.1, 0.15) is 33.1 Å². The van der Waals surface area contributed by atoms with Crippen molar-refractivity contribution in [3.05, 3.63) is 0 Å². The highest BCUT2D eigenvalue weighted by Crippen LogP contribution is 2.11. The number of carbonyl (C=O) groups excluding carboxylic acids is 2. The van der Waals surface area contributed by atoms with Crippen molar-refractivity contribution < 1.29 is 14.7 Å². The SMILES string of the molecule is CCC(CCC(=O)NCCO)C(C)=O. The number of hydrogen-bond donors (Lipinski definition) is 2. The molecule has 0 fully saturated rings. The summed E-state index contributed by atoms with van der Waals surface area (Å²) in [6.07, 6.45) is 1.74. The molecule has 0 aromatic carbocycles. The van der Waals surface area contributed by atoms with Crippen molar-refractivity contribution in [3.8, 4) is 0 Å². The van der Waals surface area contributed by atoms with Crippen LogP contribution in [0.2, 0.25) is 0 Å². The van der Waals surface area contributed by atoms with Gasteiger partial charge in [0.2, 0.25) is 5.91 Å². The quantitative estimate of drug-likeness (QED) is 0.630. The highest BCUT2D eigenvalue weighted by molar-refractivity contribution is 5.80. The molecule has 1 unspecified atom stereocenters. The highest BCUT2D eigenvalue weighted by atomic mass is 16.3. The van der Waals surface area contributed by atoms with E-state index in [-0.39, 0.29) is 30.8 Å². The van der Waals surface area contributed by atoms with Crippen molar-refractivity contribution in [1.29, 1.82) is 0 Å². The largest absolute Gasteiger partial charge is 0.395 e. The number of amides is 1. The first kappa shape index (κ1) is 13.1. The van der Waals surface area contributed by atoms with Gasteiger partial charge in [0, 0.05) is 18.9 Å². The van der Waals surface area contributed by atoms with Crippen molar-refractivity contribution in [2.45, 2.75) is 33.1 Å². The zero-order chi connectivity index (χ0) is 11.0. The van der Waals surface area contributed by atoms with E-state index in [0.29, 0.717) is 12.8 Å². The number of carbonyl (C=O) groups is 2. The molecular formula is C10H19NO3. The van der Waals surface area contributed by atoms with E-state index in [4.69, 9.17) is 5.11 Å². The fourth-order valence-electron chi connectivity index (χ4n) is 1.28. The normalized spacial score (nSPS) is 12.2. The Morgan fingerprint density at radius 3 is 2.50 bits per heavy atom. The van der Waals surface area contributed by atoms with Gasteiger partial charge in [0.15, 0.2) is 0 Å². The first-order valence-corrected chi connectivity index (χ1v) is 4.99. The molecule has 0 radical (unpaired) electrons. The number of rotatable bonds is 7. The van der Waals surface area contributed by atoms with Gasteiger partial charge in [-0.3, -0.25) is 9.59 Å². The van der Waals surface area contributed by atoms with E-state index in [2.05, 4.69) is 5.32 Å². The van der Waals surface area contributed by atoms with Crippen LogP contribution in [-0.4, -0.2) is 29.9 Å². The van der Waals surface area contributed by atoms with Gasteiger partial charge in [-0.1, -0.05) is 6.92 Å². The van der Waals surface area contributed by atoms with Gasteiger partial charge in [-0.25, -0.2) is 0 Å². The van der Waals surface area contributed by atoms with Crippen molar-refractivity contribution in [1.82, 2.24) is 5.32 Å². The minimum atomic E-state index is -0.0984. The van der Waals surface area contributed by atoms with Crippen LogP contribution in [0.4, 0.5) is 0 Å². The van der Waals surface area contributed by atoms with Gasteiger partial charge in [0.1, 0.15) is 5.78 Å². The van der Waals surface area contributed by atoms with Crippen LogP contribution in [0.25, 0.3) is 0 Å². The molecule has 0 rings (SSSR count). The third-order valence-corrected chi connectivity index (χ3v) is 2.22. The van der Waals surface area contributed by atoms with E-state index < -0.39 is 0 Å². The molecule has 0 aromatic heterocycles. The smallest absolute Gasteiger partial charge is 0.220 e. The Morgan fingerprint density at radius 1 is 1.43 bits per heavy atom. The molecule has 1 atom stereocenters. The predicted molar refractivity (Wildman–Crippen MR) is 53.8 cm³/mol. The number of aliphatic hydroxyl groups is 1. The lowest BCUT2D eigenvalue weighted by molar-refractivity contribution is -0.123. The van der Waals surface area contributed by atoms with E-state index in [1.54, 1.807) is 6.92 Å². The summed E-state index contributed by atoms with van der Waals surface area (Å²) in [4.78, 5) is 22.1. The summed E-state index contributed by atoms with van der Waals surface area (Å²) in [7, 11) is 0. The van der Waals surface area contributed by atoms with Gasteiger partial charge in [-0.2, -0.15) is 0 Å². The van der Waals surface area contributed by atoms with Crippen LogP contribution in [0.5, 0.6) is 0 Å². The van der Waals surface area contributed by atoms with Crippen molar-refractivity contribution >= 4 is 11.7 Å². The molecule has 1 amide bonds. The van der Waals surface area contributed by atoms with Crippen LogP contribution < -0.4 is 5.32 Å². The lowest BCUT2D eigenvalue weighted by Gasteiger charge is -2.10. The predicted octanol–water partition coefficient (Wildman–Crippen LogP) is 0.490. The number of Topliss-reactive ketones (excluding diaryl/α,β-unsaturated/α-hetero) is 1. The zero-order valence-electron chi connectivity index (χ0n) is 8.88. The zero-order valence-corrected chi connectivity index (χ0v) is 8.88. The van der Waals surface area contributed by atoms with Crippen LogP contribution in [0, 0.1) is 5.92 Å². The Morgan fingerprint density at radius 2 is 2.07 bits per heavy atom. The summed E-state index contributed by atoms with van der Waals surface area (Å²) < 4.78 is 0. The fraction of sp³-hybridized carbons (Fsp3) is 0.800. The van der Waals surface area contributed by atoms with E-state index in [1.165, 1.54) is 0 Å². The fourth-order valence-corrected chi connectivity index (χ4v) is 1.28. The average Bonchev–Trinajstić information content (AvgIpc) is 2.15. The second-order valence-electron chi connectivity index (χ2n) is 3.33. The highest BCUT2D eigenvalue weighted by Gasteiger charge is 2.13. The van der Waals surface area contributed by atoms with Crippen LogP contribution in [0.3, 0.4) is 0 Å². The molecule has 0 bridgehead atoms. The van der Waals surface area contributed by atoms with Crippen LogP contribution in [-0.2, 0) is 9.59 Å². The number of aliphatic hydroxyl groups excluding tert-OH is 1. The summed E-state index contributed by atoms with van der Waals surface area (Å²) in [5, 5.41) is 11.0. The maximum Gasteiger partial charge on any atom is 0.220 e. The first-order chi connectivity index (χ1) is 6.61. The Balaban J connectivity index is 3.68. The monoisotopic (exact) mass is 201 g/mol. The molecule has 0 aliphatic rings. The molecule has 4 heteroatoms. The third-order valence-electron chi connectivity index (χ3n) is 2.22. The first-order valence-electron chi connectivity index (χ1n) is 4.99. The lowest BCUT2D eigenvalue weighted by atomic mass is 9.96. The molecule has 0 saturated heterocycles. The van der Waals surface area contributed by atoms with Gasteiger partial charge >= 0.3 is 0 Å². The second kappa shape index (κ2) is 7.50. The van der Waals surface area contributed by atoms with E-state index in [9.17, 15) is 9.59 Å². The van der Waals surface area contributed by atoms with Gasteiger partial charge in [-0.15, -0.1) is 0 Å². The van der Waals surface area contributed by atoms with Gasteiger partial charge < -0.3 is 10.4 Å². The standard InChI is InChI=1S/C10H19NO3/c1-3-9(8(2)13)4-5-10(14)11-6-7-12/h9,12H,3-7H2,1-2H3,(H,11,14). The molecule has 0 aliphatic heterocycles. The number of ketones is 1. The van der Waals surface area contributed by atoms with Crippen molar-refractivity contribution in [2.75, 3.05) is 13.2 Å². The number of nitrogens with one attached hydrogen (secondary N) is 1. The molecular weight excluding hydrogens is 182 g/mol. The molecule has 4 nitrogen and oxygen atoms in total. The topological polar surface area (TPSA) is 66.4 Å². The Hall–Kier alpha value is -0.900. The summed E-state index contributed by atoms with van der Waals surface area (Å²) >= 11 is 0. The van der Waals surface area contributed by atoms with Crippen molar-refractivity contribution in [3.63, 3.8) is 0 Å². The van der Waals surface area contributed by atoms with Gasteiger partial charge in [-0.05, 0) is 19.8 Å². The third kappa shape index (κ3) is 5.70. The van der Waals surface area contributed by atoms with E-state index >= 15 is 0 Å². The van der Waals surface area contributed by atoms with Crippen LogP contribution >= 0.6 is 0 Å². The second-order valence-corrected chi connectivity index (χ2v) is 3.33. The summed E-state index contributed by atoms with van der Waals surface area (Å²) in [6, 6.07) is 0. The Labute approximate surface area is 84.7 Å². The van der Waals surface area contributed by atoms with Crippen molar-refractivity contribution in [2.24, 2.45) is 5.92 Å². The van der Waals surface area contributed by atoms with E-state index in [0.717, 1.165) is 6.42 Å². The average molecular weight is 201 g/mol. The summed E-state index contributed by atoms with van der Waals surface area (Å²) in [5.74, 6) is 0.0380. The lowest BCUT2D eigenvalue weighted by Crippen LogP contribution is -2.27. The molecule has 0 spiro atoms. The maximum absolute atomic E-state index is 11.1. The molecule has 2 N–H and O–H groups in total. The van der Waals surface area contributed by atoms with Gasteiger partial charge in [0.05, 0.1) is 6.61 Å². The van der Waals surface area contributed by atoms with E-state index in [1.807, 2.05) is 6.92 Å². The molecule has 0 aromatic rings. The Kier molecular flexibility index (Phi) is 7.02.